The number of thiazole rings is 1. The molecule has 0 bridgehead atoms. The summed E-state index contributed by atoms with van der Waals surface area (Å²) in [5.41, 5.74) is 0.745. The Morgan fingerprint density at radius 3 is 2.50 bits per heavy atom. The highest BCUT2D eigenvalue weighted by Crippen LogP contribution is 2.32. The number of fused-ring (bicyclic) bond motifs is 1. The number of rotatable bonds is 7. The van der Waals surface area contributed by atoms with Crippen molar-refractivity contribution in [1.29, 1.82) is 0 Å². The molecular weight excluding hydrogens is 508 g/mol. The van der Waals surface area contributed by atoms with Crippen molar-refractivity contribution in [3.05, 3.63) is 83.9 Å². The van der Waals surface area contributed by atoms with E-state index in [2.05, 4.69) is 9.71 Å². The summed E-state index contributed by atoms with van der Waals surface area (Å²) in [5, 5.41) is 0.358. The summed E-state index contributed by atoms with van der Waals surface area (Å²) in [6.07, 6.45) is 1.53. The lowest BCUT2D eigenvalue weighted by atomic mass is 10.1. The molecule has 0 spiro atoms. The van der Waals surface area contributed by atoms with Gasteiger partial charge >= 0.3 is 0 Å². The quantitative estimate of drug-likeness (QED) is 0.356. The minimum atomic E-state index is -3.93. The maximum Gasteiger partial charge on any atom is 0.261 e. The second kappa shape index (κ2) is 9.92. The molecule has 3 aromatic carbocycles. The van der Waals surface area contributed by atoms with Crippen molar-refractivity contribution in [2.24, 2.45) is 0 Å². The molecule has 1 aliphatic rings. The first-order valence-corrected chi connectivity index (χ1v) is 13.5. The second-order valence-electron chi connectivity index (χ2n) is 8.27. The van der Waals surface area contributed by atoms with E-state index in [1.54, 1.807) is 12.1 Å². The summed E-state index contributed by atoms with van der Waals surface area (Å²) in [7, 11) is -3.93. The van der Waals surface area contributed by atoms with Crippen molar-refractivity contribution >= 4 is 48.3 Å². The highest BCUT2D eigenvalue weighted by Gasteiger charge is 2.27. The summed E-state index contributed by atoms with van der Waals surface area (Å²) in [6.45, 7) is 0.878. The Balaban J connectivity index is 1.40. The molecule has 186 valence electrons. The fourth-order valence-electron chi connectivity index (χ4n) is 3.92. The largest absolute Gasteiger partial charge is 0.376 e. The Morgan fingerprint density at radius 2 is 1.83 bits per heavy atom. The molecule has 36 heavy (non-hydrogen) atoms. The van der Waals surface area contributed by atoms with Gasteiger partial charge in [0.15, 0.2) is 5.13 Å². The Kier molecular flexibility index (Phi) is 6.69. The van der Waals surface area contributed by atoms with E-state index in [1.807, 2.05) is 0 Å². The number of carbonyl (C=O) groups excluding carboxylic acids is 1. The molecule has 1 saturated heterocycles. The van der Waals surface area contributed by atoms with Crippen LogP contribution in [-0.2, 0) is 14.8 Å². The minimum absolute atomic E-state index is 0.0881. The van der Waals surface area contributed by atoms with E-state index >= 15 is 0 Å². The van der Waals surface area contributed by atoms with Crippen molar-refractivity contribution < 1.29 is 26.7 Å². The normalized spacial score (nSPS) is 15.8. The van der Waals surface area contributed by atoms with Crippen LogP contribution in [0.1, 0.15) is 23.2 Å². The lowest BCUT2D eigenvalue weighted by molar-refractivity contribution is 0.0917. The van der Waals surface area contributed by atoms with Gasteiger partial charge in [0.1, 0.15) is 17.2 Å². The predicted molar refractivity (Wildman–Crippen MR) is 134 cm³/mol. The highest BCUT2D eigenvalue weighted by molar-refractivity contribution is 7.92. The Bertz CT molecular complexity index is 1500. The number of amides is 1. The van der Waals surface area contributed by atoms with E-state index in [-0.39, 0.29) is 34.7 Å². The summed E-state index contributed by atoms with van der Waals surface area (Å²) in [5.74, 6) is -1.37. The average molecular weight is 530 g/mol. The monoisotopic (exact) mass is 529 g/mol. The molecule has 1 atom stereocenters. The Labute approximate surface area is 210 Å². The van der Waals surface area contributed by atoms with E-state index in [0.29, 0.717) is 22.0 Å². The fourth-order valence-corrected chi connectivity index (χ4v) is 5.97. The average Bonchev–Trinajstić information content (AvgIpc) is 3.53. The van der Waals surface area contributed by atoms with Gasteiger partial charge in [-0.1, -0.05) is 17.4 Å². The van der Waals surface area contributed by atoms with Gasteiger partial charge in [-0.3, -0.25) is 14.4 Å². The van der Waals surface area contributed by atoms with Gasteiger partial charge < -0.3 is 4.74 Å². The number of halogens is 2. The topological polar surface area (TPSA) is 88.6 Å². The van der Waals surface area contributed by atoms with Crippen LogP contribution in [0, 0.1) is 11.6 Å². The van der Waals surface area contributed by atoms with Crippen LogP contribution in [0.4, 0.5) is 19.6 Å². The number of carbonyl (C=O) groups is 1. The van der Waals surface area contributed by atoms with Crippen LogP contribution >= 0.6 is 11.3 Å². The van der Waals surface area contributed by atoms with Crippen LogP contribution in [-0.4, -0.2) is 38.6 Å². The standard InChI is InChI=1S/C25H21F2N3O4S2/c26-17-8-12-20(13-9-17)36(32,33)29-18-10-6-16(7-11-18)24(31)30(15-19-3-2-14-34-19)25-28-23-21(27)4-1-5-22(23)35-25/h1,4-13,19,29H,2-3,14-15H2. The number of hydrogen-bond donors (Lipinski definition) is 1. The molecule has 1 unspecified atom stereocenters. The number of benzene rings is 3. The zero-order valence-corrected chi connectivity index (χ0v) is 20.5. The Hall–Kier alpha value is -3.41. The van der Waals surface area contributed by atoms with Crippen molar-refractivity contribution in [1.82, 2.24) is 4.98 Å². The first-order chi connectivity index (χ1) is 17.3. The van der Waals surface area contributed by atoms with E-state index in [1.165, 1.54) is 58.7 Å². The molecule has 0 aliphatic carbocycles. The van der Waals surface area contributed by atoms with Crippen LogP contribution < -0.4 is 9.62 Å². The van der Waals surface area contributed by atoms with Crippen LogP contribution in [0.5, 0.6) is 0 Å². The molecule has 0 radical (unpaired) electrons. The third kappa shape index (κ3) is 5.08. The molecule has 1 aliphatic heterocycles. The number of ether oxygens (including phenoxy) is 1. The van der Waals surface area contributed by atoms with Gasteiger partial charge in [0.05, 0.1) is 22.2 Å². The van der Waals surface area contributed by atoms with Gasteiger partial charge in [-0.25, -0.2) is 22.2 Å². The maximum atomic E-state index is 14.3. The smallest absolute Gasteiger partial charge is 0.261 e. The van der Waals surface area contributed by atoms with E-state index in [0.717, 1.165) is 25.0 Å². The third-order valence-corrected chi connectivity index (χ3v) is 8.19. The first-order valence-electron chi connectivity index (χ1n) is 11.2. The van der Waals surface area contributed by atoms with Gasteiger partial charge in [0.25, 0.3) is 15.9 Å². The van der Waals surface area contributed by atoms with Gasteiger partial charge in [0, 0.05) is 17.9 Å². The SMILES string of the molecule is O=C(c1ccc(NS(=O)(=O)c2ccc(F)cc2)cc1)N(CC1CCCO1)c1nc2c(F)cccc2s1. The second-order valence-corrected chi connectivity index (χ2v) is 11.0. The van der Waals surface area contributed by atoms with Crippen LogP contribution in [0.15, 0.2) is 71.6 Å². The third-order valence-electron chi connectivity index (χ3n) is 5.75. The van der Waals surface area contributed by atoms with Crippen LogP contribution in [0.3, 0.4) is 0 Å². The molecule has 1 aromatic heterocycles. The van der Waals surface area contributed by atoms with Crippen molar-refractivity contribution in [3.8, 4) is 0 Å². The highest BCUT2D eigenvalue weighted by atomic mass is 32.2. The number of hydrogen-bond acceptors (Lipinski definition) is 6. The molecule has 5 rings (SSSR count). The van der Waals surface area contributed by atoms with E-state index < -0.39 is 21.7 Å². The zero-order valence-electron chi connectivity index (χ0n) is 18.9. The summed E-state index contributed by atoms with van der Waals surface area (Å²) in [4.78, 5) is 19.3. The molecule has 11 heteroatoms. The van der Waals surface area contributed by atoms with E-state index in [9.17, 15) is 22.0 Å². The van der Waals surface area contributed by atoms with Gasteiger partial charge in [-0.15, -0.1) is 0 Å². The van der Waals surface area contributed by atoms with Crippen molar-refractivity contribution in [3.63, 3.8) is 0 Å². The van der Waals surface area contributed by atoms with Gasteiger partial charge in [-0.05, 0) is 73.5 Å². The molecule has 1 N–H and O–H groups in total. The molecule has 4 aromatic rings. The zero-order chi connectivity index (χ0) is 25.3. The maximum absolute atomic E-state index is 14.3. The summed E-state index contributed by atoms with van der Waals surface area (Å²) >= 11 is 1.22. The number of nitrogens with zero attached hydrogens (tertiary/aromatic N) is 2. The number of anilines is 2. The van der Waals surface area contributed by atoms with Crippen molar-refractivity contribution in [2.75, 3.05) is 22.8 Å². The predicted octanol–water partition coefficient (Wildman–Crippen LogP) is 5.20. The Morgan fingerprint density at radius 1 is 1.08 bits per heavy atom. The molecule has 0 saturated carbocycles. The van der Waals surface area contributed by atoms with E-state index in [4.69, 9.17) is 4.74 Å². The lowest BCUT2D eigenvalue weighted by Gasteiger charge is -2.23. The van der Waals surface area contributed by atoms with Crippen molar-refractivity contribution in [2.45, 2.75) is 23.8 Å². The molecular formula is C25H21F2N3O4S2. The fraction of sp³-hybridized carbons (Fsp3) is 0.200. The number of sulfonamides is 1. The molecule has 2 heterocycles. The van der Waals surface area contributed by atoms with Gasteiger partial charge in [-0.2, -0.15) is 0 Å². The lowest BCUT2D eigenvalue weighted by Crippen LogP contribution is -2.37. The number of para-hydroxylation sites is 1. The summed E-state index contributed by atoms with van der Waals surface area (Å²) in [6, 6.07) is 15.1. The van der Waals surface area contributed by atoms with Crippen LogP contribution in [0.25, 0.3) is 10.2 Å². The number of nitrogens with one attached hydrogen (secondary N) is 1. The molecule has 1 amide bonds. The van der Waals surface area contributed by atoms with Crippen LogP contribution in [0.2, 0.25) is 0 Å². The van der Waals surface area contributed by atoms with Gasteiger partial charge in [0.2, 0.25) is 0 Å². The number of aromatic nitrogens is 1. The molecule has 7 nitrogen and oxygen atoms in total. The summed E-state index contributed by atoms with van der Waals surface area (Å²) < 4.78 is 61.3. The molecule has 1 fully saturated rings. The first kappa shape index (κ1) is 24.3. The minimum Gasteiger partial charge on any atom is -0.376 e.